The van der Waals surface area contributed by atoms with Crippen molar-refractivity contribution in [3.8, 4) is 0 Å². The molecule has 0 aliphatic carbocycles. The zero-order valence-corrected chi connectivity index (χ0v) is 10.6. The lowest BCUT2D eigenvalue weighted by Crippen LogP contribution is -2.15. The van der Waals surface area contributed by atoms with E-state index in [1.54, 1.807) is 13.0 Å². The number of amides is 1. The Hall–Kier alpha value is -2.01. The smallest absolute Gasteiger partial charge is 0.258 e. The molecular weight excluding hydrogens is 274 g/mol. The Morgan fingerprint density at radius 3 is 2.74 bits per heavy atom. The number of pyridine rings is 1. The highest BCUT2D eigenvalue weighted by molar-refractivity contribution is 6.32. The maximum Gasteiger partial charge on any atom is 0.258 e. The average Bonchev–Trinajstić information content (AvgIpc) is 2.37. The van der Waals surface area contributed by atoms with Crippen LogP contribution in [0.15, 0.2) is 30.5 Å². The lowest BCUT2D eigenvalue weighted by atomic mass is 10.1. The highest BCUT2D eigenvalue weighted by Gasteiger charge is 2.15. The van der Waals surface area contributed by atoms with Crippen LogP contribution in [0, 0.1) is 18.6 Å². The maximum absolute atomic E-state index is 13.4. The zero-order valence-electron chi connectivity index (χ0n) is 9.88. The van der Waals surface area contributed by atoms with E-state index in [2.05, 4.69) is 10.3 Å². The summed E-state index contributed by atoms with van der Waals surface area (Å²) in [5.41, 5.74) is 0.558. The van der Waals surface area contributed by atoms with Gasteiger partial charge in [-0.05, 0) is 36.8 Å². The lowest BCUT2D eigenvalue weighted by Gasteiger charge is -2.10. The molecule has 0 aliphatic rings. The van der Waals surface area contributed by atoms with E-state index in [1.807, 2.05) is 0 Å². The molecule has 1 heterocycles. The first kappa shape index (κ1) is 13.4. The first-order valence-corrected chi connectivity index (χ1v) is 5.74. The van der Waals surface area contributed by atoms with Crippen LogP contribution in [0.5, 0.6) is 0 Å². The predicted molar refractivity (Wildman–Crippen MR) is 68.3 cm³/mol. The maximum atomic E-state index is 13.4. The predicted octanol–water partition coefficient (Wildman–Crippen LogP) is 3.57. The molecule has 98 valence electrons. The monoisotopic (exact) mass is 282 g/mol. The van der Waals surface area contributed by atoms with Crippen LogP contribution in [0.3, 0.4) is 0 Å². The van der Waals surface area contributed by atoms with E-state index >= 15 is 0 Å². The summed E-state index contributed by atoms with van der Waals surface area (Å²) in [6, 6.07) is 4.30. The molecule has 1 aromatic heterocycles. The van der Waals surface area contributed by atoms with Gasteiger partial charge in [0.1, 0.15) is 11.6 Å². The number of carbonyl (C=O) groups is 1. The van der Waals surface area contributed by atoms with Crippen molar-refractivity contribution in [2.24, 2.45) is 0 Å². The van der Waals surface area contributed by atoms with Crippen LogP contribution in [-0.2, 0) is 0 Å². The Kier molecular flexibility index (Phi) is 3.76. The number of halogens is 3. The number of hydrogen-bond acceptors (Lipinski definition) is 2. The molecule has 1 aromatic carbocycles. The summed E-state index contributed by atoms with van der Waals surface area (Å²) >= 11 is 5.84. The van der Waals surface area contributed by atoms with E-state index in [9.17, 15) is 13.6 Å². The molecular formula is C13H9ClF2N2O. The van der Waals surface area contributed by atoms with Gasteiger partial charge in [-0.15, -0.1) is 0 Å². The summed E-state index contributed by atoms with van der Waals surface area (Å²) < 4.78 is 26.5. The van der Waals surface area contributed by atoms with Crippen molar-refractivity contribution < 1.29 is 13.6 Å². The second kappa shape index (κ2) is 5.32. The van der Waals surface area contributed by atoms with Crippen molar-refractivity contribution >= 4 is 23.2 Å². The number of nitrogens with one attached hydrogen (secondary N) is 1. The van der Waals surface area contributed by atoms with Gasteiger partial charge in [0, 0.05) is 6.20 Å². The van der Waals surface area contributed by atoms with E-state index in [4.69, 9.17) is 11.6 Å². The third-order valence-corrected chi connectivity index (χ3v) is 2.81. The van der Waals surface area contributed by atoms with Crippen molar-refractivity contribution in [1.29, 1.82) is 0 Å². The molecule has 0 radical (unpaired) electrons. The fourth-order valence-electron chi connectivity index (χ4n) is 1.53. The summed E-state index contributed by atoms with van der Waals surface area (Å²) in [6.45, 7) is 1.71. The quantitative estimate of drug-likeness (QED) is 0.856. The normalized spacial score (nSPS) is 10.3. The minimum Gasteiger partial charge on any atom is -0.319 e. The van der Waals surface area contributed by atoms with E-state index in [1.165, 1.54) is 6.20 Å². The van der Waals surface area contributed by atoms with Crippen LogP contribution in [0.2, 0.25) is 5.15 Å². The number of aryl methyl sites for hydroxylation is 1. The second-order valence-corrected chi connectivity index (χ2v) is 4.23. The first-order valence-electron chi connectivity index (χ1n) is 5.36. The second-order valence-electron chi connectivity index (χ2n) is 3.87. The standard InChI is InChI=1S/C13H9ClF2N2O/c1-7-4-5-17-12(14)11(7)18-13(19)9-6-8(15)2-3-10(9)16/h2-6H,1H3,(H,18,19). The van der Waals surface area contributed by atoms with Gasteiger partial charge < -0.3 is 5.32 Å². The van der Waals surface area contributed by atoms with Crippen molar-refractivity contribution in [3.63, 3.8) is 0 Å². The molecule has 0 saturated heterocycles. The number of rotatable bonds is 2. The first-order chi connectivity index (χ1) is 8.99. The van der Waals surface area contributed by atoms with Crippen molar-refractivity contribution in [3.05, 3.63) is 58.4 Å². The number of nitrogens with zero attached hydrogens (tertiary/aromatic N) is 1. The molecule has 0 fully saturated rings. The molecule has 0 bridgehead atoms. The molecule has 0 saturated carbocycles. The van der Waals surface area contributed by atoms with Gasteiger partial charge in [-0.25, -0.2) is 13.8 Å². The third kappa shape index (κ3) is 2.88. The molecule has 2 aromatic rings. The minimum atomic E-state index is -0.809. The van der Waals surface area contributed by atoms with Crippen molar-refractivity contribution in [2.45, 2.75) is 6.92 Å². The van der Waals surface area contributed by atoms with E-state index in [-0.39, 0.29) is 16.4 Å². The molecule has 2 rings (SSSR count). The SMILES string of the molecule is Cc1ccnc(Cl)c1NC(=O)c1cc(F)ccc1F. The van der Waals surface area contributed by atoms with E-state index in [0.717, 1.165) is 18.2 Å². The third-order valence-electron chi connectivity index (χ3n) is 2.52. The van der Waals surface area contributed by atoms with Gasteiger partial charge in [0.05, 0.1) is 11.3 Å². The molecule has 6 heteroatoms. The van der Waals surface area contributed by atoms with Gasteiger partial charge >= 0.3 is 0 Å². The minimum absolute atomic E-state index is 0.0881. The fraction of sp³-hybridized carbons (Fsp3) is 0.0769. The number of hydrogen-bond donors (Lipinski definition) is 1. The van der Waals surface area contributed by atoms with E-state index in [0.29, 0.717) is 5.56 Å². The summed E-state index contributed by atoms with van der Waals surface area (Å²) in [6.07, 6.45) is 1.48. The highest BCUT2D eigenvalue weighted by Crippen LogP contribution is 2.23. The molecule has 0 aliphatic heterocycles. The average molecular weight is 283 g/mol. The Balaban J connectivity index is 2.34. The number of aromatic nitrogens is 1. The Morgan fingerprint density at radius 1 is 1.32 bits per heavy atom. The van der Waals surface area contributed by atoms with Crippen LogP contribution < -0.4 is 5.32 Å². The van der Waals surface area contributed by atoms with Gasteiger partial charge in [0.25, 0.3) is 5.91 Å². The Bertz CT molecular complexity index is 626. The Morgan fingerprint density at radius 2 is 2.05 bits per heavy atom. The summed E-state index contributed by atoms with van der Waals surface area (Å²) in [5.74, 6) is -2.29. The Labute approximate surface area is 113 Å². The van der Waals surface area contributed by atoms with Crippen molar-refractivity contribution in [2.75, 3.05) is 5.32 Å². The van der Waals surface area contributed by atoms with Crippen LogP contribution in [-0.4, -0.2) is 10.9 Å². The van der Waals surface area contributed by atoms with Crippen LogP contribution in [0.4, 0.5) is 14.5 Å². The molecule has 1 N–H and O–H groups in total. The zero-order chi connectivity index (χ0) is 14.0. The highest BCUT2D eigenvalue weighted by atomic mass is 35.5. The summed E-state index contributed by atoms with van der Waals surface area (Å²) in [5, 5.41) is 2.51. The van der Waals surface area contributed by atoms with Gasteiger partial charge in [-0.2, -0.15) is 0 Å². The van der Waals surface area contributed by atoms with Crippen LogP contribution >= 0.6 is 11.6 Å². The van der Waals surface area contributed by atoms with Crippen LogP contribution in [0.25, 0.3) is 0 Å². The molecule has 1 amide bonds. The van der Waals surface area contributed by atoms with E-state index < -0.39 is 17.5 Å². The molecule has 0 spiro atoms. The summed E-state index contributed by atoms with van der Waals surface area (Å²) in [7, 11) is 0. The fourth-order valence-corrected chi connectivity index (χ4v) is 1.78. The van der Waals surface area contributed by atoms with Crippen molar-refractivity contribution in [1.82, 2.24) is 4.98 Å². The lowest BCUT2D eigenvalue weighted by molar-refractivity contribution is 0.102. The topological polar surface area (TPSA) is 42.0 Å². The molecule has 3 nitrogen and oxygen atoms in total. The number of carbonyl (C=O) groups excluding carboxylic acids is 1. The van der Waals surface area contributed by atoms with Gasteiger partial charge in [0.15, 0.2) is 5.15 Å². The molecule has 0 atom stereocenters. The van der Waals surface area contributed by atoms with Gasteiger partial charge in [0.2, 0.25) is 0 Å². The number of benzene rings is 1. The van der Waals surface area contributed by atoms with Gasteiger partial charge in [-0.3, -0.25) is 4.79 Å². The molecule has 19 heavy (non-hydrogen) atoms. The van der Waals surface area contributed by atoms with Gasteiger partial charge in [-0.1, -0.05) is 11.6 Å². The largest absolute Gasteiger partial charge is 0.319 e. The molecule has 0 unspecified atom stereocenters. The number of anilines is 1. The summed E-state index contributed by atoms with van der Waals surface area (Å²) in [4.78, 5) is 15.7. The van der Waals surface area contributed by atoms with Crippen LogP contribution in [0.1, 0.15) is 15.9 Å².